The van der Waals surface area contributed by atoms with E-state index >= 15 is 0 Å². The molecule has 0 bridgehead atoms. The molecule has 1 unspecified atom stereocenters. The van der Waals surface area contributed by atoms with E-state index in [0.717, 1.165) is 0 Å². The van der Waals surface area contributed by atoms with E-state index in [1.165, 1.54) is 35.9 Å². The summed E-state index contributed by atoms with van der Waals surface area (Å²) in [5.41, 5.74) is 6.47. The zero-order valence-electron chi connectivity index (χ0n) is 14.6. The van der Waals surface area contributed by atoms with Crippen LogP contribution in [0.3, 0.4) is 0 Å². The fourth-order valence-electron chi connectivity index (χ4n) is 3.31. The van der Waals surface area contributed by atoms with E-state index in [0.29, 0.717) is 5.56 Å². The number of carbonyl (C=O) groups is 3. The molecule has 26 heavy (non-hydrogen) atoms. The van der Waals surface area contributed by atoms with Crippen LogP contribution in [0.2, 0.25) is 0 Å². The molecule has 3 rings (SSSR count). The van der Waals surface area contributed by atoms with E-state index in [1.54, 1.807) is 12.1 Å². The highest BCUT2D eigenvalue weighted by molar-refractivity contribution is 8.01. The molecule has 0 saturated carbocycles. The largest absolute Gasteiger partial charge is 0.508 e. The molecule has 1 aromatic rings. The summed E-state index contributed by atoms with van der Waals surface area (Å²) in [6.45, 7) is 3.73. The lowest BCUT2D eigenvalue weighted by molar-refractivity contribution is -0.162. The van der Waals surface area contributed by atoms with Crippen LogP contribution in [0.5, 0.6) is 5.75 Å². The van der Waals surface area contributed by atoms with Crippen LogP contribution in [0.25, 0.3) is 0 Å². The van der Waals surface area contributed by atoms with Crippen LogP contribution in [0.1, 0.15) is 25.5 Å². The number of phenolic OH excluding ortho intramolecular Hbond substituents is 1. The number of hydrogen-bond acceptors (Lipinski definition) is 7. The fraction of sp³-hybridized carbons (Fsp3) is 0.471. The number of β-lactam (4-membered cyclic amide) rings is 1. The Morgan fingerprint density at radius 2 is 1.96 bits per heavy atom. The van der Waals surface area contributed by atoms with Gasteiger partial charge in [0, 0.05) is 4.75 Å². The second kappa shape index (κ2) is 6.48. The Morgan fingerprint density at radius 1 is 1.35 bits per heavy atom. The number of nitrogens with zero attached hydrogens (tertiary/aromatic N) is 1. The van der Waals surface area contributed by atoms with E-state index < -0.39 is 34.7 Å². The van der Waals surface area contributed by atoms with E-state index in [2.05, 4.69) is 5.32 Å². The number of thioether (sulfide) groups is 1. The van der Waals surface area contributed by atoms with Crippen molar-refractivity contribution >= 4 is 29.5 Å². The highest BCUT2D eigenvalue weighted by atomic mass is 32.2. The van der Waals surface area contributed by atoms with Gasteiger partial charge in [-0.1, -0.05) is 12.1 Å². The van der Waals surface area contributed by atoms with Crippen molar-refractivity contribution in [3.63, 3.8) is 0 Å². The first-order chi connectivity index (χ1) is 12.2. The normalized spacial score (nSPS) is 27.3. The predicted molar refractivity (Wildman–Crippen MR) is 95.1 cm³/mol. The molecule has 2 fully saturated rings. The number of ether oxygens (including phenoxy) is 1. The third-order valence-corrected chi connectivity index (χ3v) is 6.27. The number of esters is 1. The number of fused-ring (bicyclic) bond motifs is 1. The number of phenols is 1. The van der Waals surface area contributed by atoms with Gasteiger partial charge in [-0.2, -0.15) is 0 Å². The van der Waals surface area contributed by atoms with Gasteiger partial charge in [0.25, 0.3) is 0 Å². The van der Waals surface area contributed by atoms with Crippen molar-refractivity contribution in [2.24, 2.45) is 5.73 Å². The van der Waals surface area contributed by atoms with E-state index in [1.807, 2.05) is 13.8 Å². The van der Waals surface area contributed by atoms with Crippen LogP contribution in [0.15, 0.2) is 24.3 Å². The Bertz CT molecular complexity index is 751. The number of nitrogens with two attached hydrogens (primary N) is 1. The van der Waals surface area contributed by atoms with Crippen LogP contribution in [0.4, 0.5) is 0 Å². The van der Waals surface area contributed by atoms with Gasteiger partial charge in [-0.3, -0.25) is 9.59 Å². The molecule has 2 aliphatic rings. The molecular weight excluding hydrogens is 358 g/mol. The third-order valence-electron chi connectivity index (χ3n) is 4.70. The molecule has 4 N–H and O–H groups in total. The van der Waals surface area contributed by atoms with Crippen molar-refractivity contribution in [3.05, 3.63) is 29.8 Å². The number of amides is 2. The van der Waals surface area contributed by atoms with Gasteiger partial charge in [-0.15, -0.1) is 11.8 Å². The SMILES string of the molecule is COC(=O)[C@@H]1N2C(=O)[C@@H](NC(=O)C(N)c3ccc(O)cc3)[C@H]2SC1(C)C. The Hall–Kier alpha value is -2.26. The second-order valence-corrected chi connectivity index (χ2v) is 8.61. The summed E-state index contributed by atoms with van der Waals surface area (Å²) >= 11 is 1.45. The number of carbonyl (C=O) groups excluding carboxylic acids is 3. The van der Waals surface area contributed by atoms with Gasteiger partial charge >= 0.3 is 5.97 Å². The van der Waals surface area contributed by atoms with Crippen LogP contribution >= 0.6 is 11.8 Å². The zero-order chi connectivity index (χ0) is 19.2. The van der Waals surface area contributed by atoms with Crippen molar-refractivity contribution in [2.75, 3.05) is 7.11 Å². The summed E-state index contributed by atoms with van der Waals surface area (Å²) in [4.78, 5) is 38.5. The van der Waals surface area contributed by atoms with Crippen LogP contribution in [-0.4, -0.2) is 57.1 Å². The topological polar surface area (TPSA) is 122 Å². The molecule has 2 amide bonds. The number of benzene rings is 1. The van der Waals surface area contributed by atoms with Crippen molar-refractivity contribution in [3.8, 4) is 5.75 Å². The molecule has 2 heterocycles. The van der Waals surface area contributed by atoms with Gasteiger partial charge in [0.2, 0.25) is 11.8 Å². The number of nitrogens with one attached hydrogen (secondary N) is 1. The lowest BCUT2D eigenvalue weighted by Crippen LogP contribution is -2.71. The van der Waals surface area contributed by atoms with Gasteiger partial charge in [-0.25, -0.2) is 4.79 Å². The number of methoxy groups -OCH3 is 1. The first kappa shape index (κ1) is 18.5. The molecule has 2 aliphatic heterocycles. The van der Waals surface area contributed by atoms with Gasteiger partial charge in [0.1, 0.15) is 29.2 Å². The van der Waals surface area contributed by atoms with Gasteiger partial charge in [0.05, 0.1) is 7.11 Å². The van der Waals surface area contributed by atoms with Gasteiger partial charge in [-0.05, 0) is 31.5 Å². The van der Waals surface area contributed by atoms with E-state index in [9.17, 15) is 19.5 Å². The Balaban J connectivity index is 1.71. The molecular formula is C17H21N3O5S. The fourth-order valence-corrected chi connectivity index (χ4v) is 4.93. The molecule has 9 heteroatoms. The number of rotatable bonds is 4. The zero-order valence-corrected chi connectivity index (χ0v) is 15.4. The average molecular weight is 379 g/mol. The summed E-state index contributed by atoms with van der Waals surface area (Å²) in [6.07, 6.45) is 0. The predicted octanol–water partition coefficient (Wildman–Crippen LogP) is 0.112. The van der Waals surface area contributed by atoms with Gasteiger partial charge in [0.15, 0.2) is 0 Å². The molecule has 0 radical (unpaired) electrons. The highest BCUT2D eigenvalue weighted by Crippen LogP contribution is 2.51. The molecule has 4 atom stereocenters. The van der Waals surface area contributed by atoms with Crippen molar-refractivity contribution in [1.29, 1.82) is 0 Å². The second-order valence-electron chi connectivity index (χ2n) is 6.84. The average Bonchev–Trinajstić information content (AvgIpc) is 2.86. The maximum atomic E-state index is 12.5. The number of hydrogen-bond donors (Lipinski definition) is 3. The van der Waals surface area contributed by atoms with Crippen molar-refractivity contribution in [2.45, 2.75) is 42.1 Å². The van der Waals surface area contributed by atoms with Crippen molar-refractivity contribution < 1.29 is 24.2 Å². The monoisotopic (exact) mass is 379 g/mol. The summed E-state index contributed by atoms with van der Waals surface area (Å²) in [5, 5.41) is 11.7. The number of aromatic hydroxyl groups is 1. The summed E-state index contributed by atoms with van der Waals surface area (Å²) < 4.78 is 4.30. The molecule has 0 spiro atoms. The Labute approximate surface area is 155 Å². The molecule has 0 aromatic heterocycles. The summed E-state index contributed by atoms with van der Waals surface area (Å²) in [6, 6.07) is 3.60. The maximum absolute atomic E-state index is 12.5. The molecule has 2 saturated heterocycles. The molecule has 0 aliphatic carbocycles. The first-order valence-corrected chi connectivity index (χ1v) is 8.98. The minimum atomic E-state index is -0.965. The summed E-state index contributed by atoms with van der Waals surface area (Å²) in [7, 11) is 1.29. The first-order valence-electron chi connectivity index (χ1n) is 8.10. The van der Waals surface area contributed by atoms with Crippen LogP contribution in [-0.2, 0) is 19.1 Å². The van der Waals surface area contributed by atoms with E-state index in [4.69, 9.17) is 10.5 Å². The highest BCUT2D eigenvalue weighted by Gasteiger charge is 2.64. The maximum Gasteiger partial charge on any atom is 0.330 e. The Morgan fingerprint density at radius 3 is 2.54 bits per heavy atom. The molecule has 8 nitrogen and oxygen atoms in total. The standard InChI is InChI=1S/C17H21N3O5S/c1-17(2)12(16(24)25-3)20-14(23)11(15(20)26-17)19-13(22)10(18)8-4-6-9(21)7-5-8/h4-7,10-12,15,21H,18H2,1-3H3,(H,19,22)/t10?,11-,12+,15-/m1/s1. The molecule has 140 valence electrons. The Kier molecular flexibility index (Phi) is 4.61. The third kappa shape index (κ3) is 2.90. The minimum Gasteiger partial charge on any atom is -0.508 e. The van der Waals surface area contributed by atoms with E-state index in [-0.39, 0.29) is 17.0 Å². The quantitative estimate of drug-likeness (QED) is 0.501. The lowest BCUT2D eigenvalue weighted by Gasteiger charge is -2.44. The smallest absolute Gasteiger partial charge is 0.330 e. The van der Waals surface area contributed by atoms with Gasteiger partial charge < -0.3 is 25.8 Å². The lowest BCUT2D eigenvalue weighted by atomic mass is 9.95. The molecule has 1 aromatic carbocycles. The van der Waals surface area contributed by atoms with Crippen molar-refractivity contribution in [1.82, 2.24) is 10.2 Å². The van der Waals surface area contributed by atoms with Crippen LogP contribution < -0.4 is 11.1 Å². The summed E-state index contributed by atoms with van der Waals surface area (Å²) in [5.74, 6) is -1.21. The van der Waals surface area contributed by atoms with Crippen LogP contribution in [0, 0.1) is 0 Å². The minimum absolute atomic E-state index is 0.0737.